The Morgan fingerprint density at radius 1 is 0.269 bits per heavy atom. The maximum absolute atomic E-state index is 12.9. The summed E-state index contributed by atoms with van der Waals surface area (Å²) in [6.45, 7) is 6.59. The molecule has 0 N–H and O–H groups in total. The molecule has 1 unspecified atom stereocenters. The second-order valence-corrected chi connectivity index (χ2v) is 23.1. The van der Waals surface area contributed by atoms with Crippen LogP contribution in [0.2, 0.25) is 0 Å². The summed E-state index contributed by atoms with van der Waals surface area (Å²) in [5.74, 6) is -0.841. The van der Waals surface area contributed by atoms with Crippen molar-refractivity contribution in [1.29, 1.82) is 0 Å². The largest absolute Gasteiger partial charge is 0.462 e. The summed E-state index contributed by atoms with van der Waals surface area (Å²) >= 11 is 0. The fraction of sp³-hybridized carbons (Fsp3) is 0.819. The molecule has 0 aromatic heterocycles. The van der Waals surface area contributed by atoms with E-state index in [0.29, 0.717) is 19.3 Å². The van der Waals surface area contributed by atoms with Gasteiger partial charge in [0.1, 0.15) is 13.2 Å². The van der Waals surface area contributed by atoms with Crippen molar-refractivity contribution in [2.75, 3.05) is 13.2 Å². The Morgan fingerprint density at radius 2 is 0.500 bits per heavy atom. The topological polar surface area (TPSA) is 78.9 Å². The Hall–Kier alpha value is -2.89. The Labute approximate surface area is 485 Å². The van der Waals surface area contributed by atoms with Crippen molar-refractivity contribution in [2.24, 2.45) is 0 Å². The molecule has 0 radical (unpaired) electrons. The lowest BCUT2D eigenvalue weighted by Gasteiger charge is -2.18. The van der Waals surface area contributed by atoms with Crippen LogP contribution in [0.4, 0.5) is 0 Å². The van der Waals surface area contributed by atoms with Crippen molar-refractivity contribution in [3.8, 4) is 0 Å². The van der Waals surface area contributed by atoms with Gasteiger partial charge < -0.3 is 14.2 Å². The average Bonchev–Trinajstić information content (AvgIpc) is 3.44. The minimum atomic E-state index is -0.769. The van der Waals surface area contributed by atoms with Crippen molar-refractivity contribution in [2.45, 2.75) is 367 Å². The summed E-state index contributed by atoms with van der Waals surface area (Å²) in [6, 6.07) is 0. The van der Waals surface area contributed by atoms with Gasteiger partial charge in [-0.15, -0.1) is 0 Å². The van der Waals surface area contributed by atoms with Gasteiger partial charge in [0.25, 0.3) is 0 Å². The van der Waals surface area contributed by atoms with Crippen LogP contribution >= 0.6 is 0 Å². The number of esters is 3. The molecule has 0 bridgehead atoms. The fourth-order valence-electron chi connectivity index (χ4n) is 10.2. The first-order chi connectivity index (χ1) is 38.5. The highest BCUT2D eigenvalue weighted by Gasteiger charge is 2.19. The number of ether oxygens (including phenoxy) is 3. The van der Waals surface area contributed by atoms with Gasteiger partial charge in [-0.05, 0) is 64.2 Å². The van der Waals surface area contributed by atoms with E-state index in [1.165, 1.54) is 231 Å². The van der Waals surface area contributed by atoms with Crippen LogP contribution in [0.15, 0.2) is 60.8 Å². The number of unbranched alkanes of at least 4 members (excludes halogenated alkanes) is 42. The van der Waals surface area contributed by atoms with Crippen LogP contribution in [-0.2, 0) is 28.6 Å². The lowest BCUT2D eigenvalue weighted by Crippen LogP contribution is -2.30. The molecule has 0 saturated heterocycles. The van der Waals surface area contributed by atoms with Gasteiger partial charge in [0.15, 0.2) is 6.10 Å². The SMILES string of the molecule is CC/C=C\C/C=C\C/C=C\C/C=C\C/C=C\CCCCCCCCCCCCCCCCCC(=O)OCC(COC(=O)CCCCCCCCCCCCCCC)OC(=O)CCCCCCCCCCCCCCCCCC. The Morgan fingerprint density at radius 3 is 0.782 bits per heavy atom. The zero-order valence-electron chi connectivity index (χ0n) is 52.2. The zero-order valence-corrected chi connectivity index (χ0v) is 52.2. The van der Waals surface area contributed by atoms with E-state index >= 15 is 0 Å². The third-order valence-electron chi connectivity index (χ3n) is 15.3. The number of rotatable bonds is 63. The van der Waals surface area contributed by atoms with E-state index in [4.69, 9.17) is 14.2 Å². The summed E-state index contributed by atoms with van der Waals surface area (Å²) in [5, 5.41) is 0. The molecule has 0 saturated carbocycles. The van der Waals surface area contributed by atoms with Crippen LogP contribution in [0.3, 0.4) is 0 Å². The summed E-state index contributed by atoms with van der Waals surface area (Å²) in [7, 11) is 0. The highest BCUT2D eigenvalue weighted by Crippen LogP contribution is 2.18. The molecule has 1 atom stereocenters. The van der Waals surface area contributed by atoms with Gasteiger partial charge in [-0.25, -0.2) is 0 Å². The van der Waals surface area contributed by atoms with E-state index in [2.05, 4.69) is 81.5 Å². The van der Waals surface area contributed by atoms with E-state index in [1.54, 1.807) is 0 Å². The molecule has 0 rings (SSSR count). The Kier molecular flexibility index (Phi) is 64.2. The van der Waals surface area contributed by atoms with Crippen LogP contribution < -0.4 is 0 Å². The molecule has 0 aromatic carbocycles. The number of allylic oxidation sites excluding steroid dienone is 10. The molecule has 0 amide bonds. The first kappa shape index (κ1) is 75.1. The predicted octanol–water partition coefficient (Wildman–Crippen LogP) is 23.5. The van der Waals surface area contributed by atoms with Gasteiger partial charge in [-0.2, -0.15) is 0 Å². The third kappa shape index (κ3) is 63.9. The summed E-state index contributed by atoms with van der Waals surface area (Å²) < 4.78 is 17.0. The quantitative estimate of drug-likeness (QED) is 0.0261. The normalized spacial score (nSPS) is 12.4. The molecule has 78 heavy (non-hydrogen) atoms. The van der Waals surface area contributed by atoms with Crippen LogP contribution in [-0.4, -0.2) is 37.2 Å². The molecule has 0 fully saturated rings. The summed E-state index contributed by atoms with van der Waals surface area (Å²) in [6.07, 6.45) is 85.3. The first-order valence-electron chi connectivity index (χ1n) is 34.3. The number of hydrogen-bond acceptors (Lipinski definition) is 6. The van der Waals surface area contributed by atoms with E-state index in [1.807, 2.05) is 0 Å². The summed E-state index contributed by atoms with van der Waals surface area (Å²) in [4.78, 5) is 38.3. The minimum Gasteiger partial charge on any atom is -0.462 e. The number of hydrogen-bond donors (Lipinski definition) is 0. The van der Waals surface area contributed by atoms with E-state index in [0.717, 1.165) is 89.9 Å². The maximum atomic E-state index is 12.9. The maximum Gasteiger partial charge on any atom is 0.306 e. The molecule has 0 aromatic rings. The minimum absolute atomic E-state index is 0.0667. The second kappa shape index (κ2) is 66.6. The predicted molar refractivity (Wildman–Crippen MR) is 339 cm³/mol. The lowest BCUT2D eigenvalue weighted by molar-refractivity contribution is -0.167. The third-order valence-corrected chi connectivity index (χ3v) is 15.3. The molecule has 6 nitrogen and oxygen atoms in total. The summed E-state index contributed by atoms with van der Waals surface area (Å²) in [5.41, 5.74) is 0. The van der Waals surface area contributed by atoms with Gasteiger partial charge in [0.2, 0.25) is 0 Å². The monoisotopic (exact) mass is 1090 g/mol. The molecular formula is C72H130O6. The van der Waals surface area contributed by atoms with E-state index < -0.39 is 6.10 Å². The highest BCUT2D eigenvalue weighted by atomic mass is 16.6. The van der Waals surface area contributed by atoms with Gasteiger partial charge >= 0.3 is 17.9 Å². The van der Waals surface area contributed by atoms with Gasteiger partial charge in [-0.3, -0.25) is 14.4 Å². The molecule has 0 heterocycles. The van der Waals surface area contributed by atoms with Crippen LogP contribution in [0.25, 0.3) is 0 Å². The van der Waals surface area contributed by atoms with E-state index in [-0.39, 0.29) is 31.1 Å². The number of carbonyl (C=O) groups is 3. The smallest absolute Gasteiger partial charge is 0.306 e. The first-order valence-corrected chi connectivity index (χ1v) is 34.3. The van der Waals surface area contributed by atoms with Gasteiger partial charge in [-0.1, -0.05) is 338 Å². The molecule has 0 aliphatic carbocycles. The zero-order chi connectivity index (χ0) is 56.4. The molecular weight excluding hydrogens is 961 g/mol. The second-order valence-electron chi connectivity index (χ2n) is 23.1. The van der Waals surface area contributed by atoms with Crippen molar-refractivity contribution >= 4 is 17.9 Å². The molecule has 454 valence electrons. The lowest BCUT2D eigenvalue weighted by atomic mass is 10.0. The fourth-order valence-corrected chi connectivity index (χ4v) is 10.2. The van der Waals surface area contributed by atoms with Crippen molar-refractivity contribution in [1.82, 2.24) is 0 Å². The standard InChI is InChI=1S/C72H130O6/c1-4-7-10-13-16-19-22-25-27-29-30-31-32-33-34-35-36-37-38-39-40-41-42-43-45-47-50-53-56-59-62-65-71(74)77-68-69(67-76-70(73)64-61-58-55-52-49-46-24-21-18-15-12-9-6-3)78-72(75)66-63-60-57-54-51-48-44-28-26-23-20-17-14-11-8-5-2/h7,10,16,19,25,27,30-31,33-34,69H,4-6,8-9,11-15,17-18,20-24,26,28-29,32,35-68H2,1-3H3/b10-7-,19-16-,27-25-,31-30-,34-33-. The molecule has 0 aliphatic rings. The van der Waals surface area contributed by atoms with Crippen molar-refractivity contribution in [3.63, 3.8) is 0 Å². The Balaban J connectivity index is 4.16. The molecule has 6 heteroatoms. The molecule has 0 aliphatic heterocycles. The number of carbonyl (C=O) groups excluding carboxylic acids is 3. The van der Waals surface area contributed by atoms with Crippen molar-refractivity contribution in [3.05, 3.63) is 60.8 Å². The van der Waals surface area contributed by atoms with Crippen LogP contribution in [0.5, 0.6) is 0 Å². The molecule has 0 spiro atoms. The van der Waals surface area contributed by atoms with Crippen LogP contribution in [0, 0.1) is 0 Å². The van der Waals surface area contributed by atoms with E-state index in [9.17, 15) is 14.4 Å². The van der Waals surface area contributed by atoms with Gasteiger partial charge in [0, 0.05) is 19.3 Å². The highest BCUT2D eigenvalue weighted by molar-refractivity contribution is 5.71. The Bertz CT molecular complexity index is 1390. The van der Waals surface area contributed by atoms with Crippen LogP contribution in [0.1, 0.15) is 361 Å². The van der Waals surface area contributed by atoms with Gasteiger partial charge in [0.05, 0.1) is 0 Å². The van der Waals surface area contributed by atoms with Crippen molar-refractivity contribution < 1.29 is 28.6 Å². The average molecular weight is 1090 g/mol.